The van der Waals surface area contributed by atoms with Gasteiger partial charge in [-0.05, 0) is 24.3 Å². The number of hydrogen-bond donors (Lipinski definition) is 1. The Kier molecular flexibility index (Phi) is 4.56. The number of benzene rings is 1. The number of rotatable bonds is 5. The fourth-order valence-corrected chi connectivity index (χ4v) is 1.80. The molecule has 1 N–H and O–H groups in total. The molecule has 1 aromatic heterocycles. The normalized spacial score (nSPS) is 10.6. The third kappa shape index (κ3) is 3.39. The molecule has 0 fully saturated rings. The van der Waals surface area contributed by atoms with Crippen LogP contribution in [-0.2, 0) is 0 Å². The lowest BCUT2D eigenvalue weighted by Crippen LogP contribution is -1.98. The Balaban J connectivity index is 2.21. The minimum absolute atomic E-state index is 0.0307. The standard InChI is InChI=1S/C16H15NO4/c1-20-15-6-4-3-5-12(15)13(18)8-7-11-9-14(19)16(21-2)10-17-11/h3-10H,1-2H3,(H,17,19)/b8-7+. The van der Waals surface area contributed by atoms with Crippen molar-refractivity contribution in [1.29, 1.82) is 0 Å². The molecule has 0 saturated carbocycles. The average molecular weight is 285 g/mol. The Labute approximate surface area is 122 Å². The number of hydrogen-bond acceptors (Lipinski definition) is 5. The molecule has 5 nitrogen and oxygen atoms in total. The molecule has 0 aliphatic heterocycles. The maximum Gasteiger partial charge on any atom is 0.189 e. The molecule has 1 aromatic carbocycles. The molecule has 0 atom stereocenters. The average Bonchev–Trinajstić information content (AvgIpc) is 2.52. The van der Waals surface area contributed by atoms with Crippen LogP contribution in [0.3, 0.4) is 0 Å². The van der Waals surface area contributed by atoms with Gasteiger partial charge in [0.25, 0.3) is 0 Å². The molecule has 5 heteroatoms. The number of para-hydroxylation sites is 1. The lowest BCUT2D eigenvalue weighted by Gasteiger charge is -2.04. The van der Waals surface area contributed by atoms with Crippen LogP contribution in [0, 0.1) is 0 Å². The molecule has 0 amide bonds. The highest BCUT2D eigenvalue weighted by atomic mass is 16.5. The van der Waals surface area contributed by atoms with Crippen molar-refractivity contribution in [2.45, 2.75) is 0 Å². The smallest absolute Gasteiger partial charge is 0.189 e. The molecule has 108 valence electrons. The first-order chi connectivity index (χ1) is 10.2. The SMILES string of the molecule is COc1cnc(/C=C/C(=O)c2ccccc2OC)cc1O. The minimum Gasteiger partial charge on any atom is -0.504 e. The molecule has 0 saturated heterocycles. The number of ether oxygens (including phenoxy) is 2. The lowest BCUT2D eigenvalue weighted by atomic mass is 10.1. The van der Waals surface area contributed by atoms with Crippen molar-refractivity contribution in [2.75, 3.05) is 14.2 Å². The number of carbonyl (C=O) groups excluding carboxylic acids is 1. The van der Waals surface area contributed by atoms with E-state index in [9.17, 15) is 9.90 Å². The summed E-state index contributed by atoms with van der Waals surface area (Å²) in [7, 11) is 2.95. The number of methoxy groups -OCH3 is 2. The topological polar surface area (TPSA) is 68.7 Å². The van der Waals surface area contributed by atoms with Crippen LogP contribution in [-0.4, -0.2) is 30.1 Å². The van der Waals surface area contributed by atoms with Crippen LogP contribution < -0.4 is 9.47 Å². The molecule has 2 aromatic rings. The van der Waals surface area contributed by atoms with Crippen LogP contribution in [0.15, 0.2) is 42.6 Å². The summed E-state index contributed by atoms with van der Waals surface area (Å²) >= 11 is 0. The van der Waals surface area contributed by atoms with Gasteiger partial charge in [0.15, 0.2) is 17.3 Å². The third-order valence-electron chi connectivity index (χ3n) is 2.87. The first kappa shape index (κ1) is 14.6. The van der Waals surface area contributed by atoms with Crippen LogP contribution in [0.25, 0.3) is 6.08 Å². The maximum atomic E-state index is 12.1. The first-order valence-electron chi connectivity index (χ1n) is 6.24. The Bertz CT molecular complexity index is 680. The van der Waals surface area contributed by atoms with E-state index in [0.29, 0.717) is 17.0 Å². The van der Waals surface area contributed by atoms with Gasteiger partial charge in [0.05, 0.1) is 31.7 Å². The summed E-state index contributed by atoms with van der Waals surface area (Å²) in [5.74, 6) is 0.558. The molecule has 0 aliphatic rings. The monoisotopic (exact) mass is 285 g/mol. The number of aromatic nitrogens is 1. The highest BCUT2D eigenvalue weighted by Crippen LogP contribution is 2.25. The van der Waals surface area contributed by atoms with Crippen LogP contribution in [0.2, 0.25) is 0 Å². The van der Waals surface area contributed by atoms with Gasteiger partial charge in [0.1, 0.15) is 5.75 Å². The van der Waals surface area contributed by atoms with Crippen LogP contribution in [0.4, 0.5) is 0 Å². The molecule has 1 heterocycles. The van der Waals surface area contributed by atoms with E-state index in [1.54, 1.807) is 24.3 Å². The van der Waals surface area contributed by atoms with E-state index in [4.69, 9.17) is 9.47 Å². The van der Waals surface area contributed by atoms with Gasteiger partial charge < -0.3 is 14.6 Å². The number of aromatic hydroxyl groups is 1. The van der Waals surface area contributed by atoms with Gasteiger partial charge in [-0.3, -0.25) is 9.78 Å². The summed E-state index contributed by atoms with van der Waals surface area (Å²) in [5, 5.41) is 9.65. The van der Waals surface area contributed by atoms with Gasteiger partial charge in [-0.15, -0.1) is 0 Å². The largest absolute Gasteiger partial charge is 0.504 e. The van der Waals surface area contributed by atoms with Crippen LogP contribution in [0.5, 0.6) is 17.2 Å². The van der Waals surface area contributed by atoms with Crippen LogP contribution in [0.1, 0.15) is 16.1 Å². The highest BCUT2D eigenvalue weighted by Gasteiger charge is 2.08. The van der Waals surface area contributed by atoms with E-state index in [1.807, 2.05) is 0 Å². The summed E-state index contributed by atoms with van der Waals surface area (Å²) in [4.78, 5) is 16.2. The van der Waals surface area contributed by atoms with Gasteiger partial charge in [-0.2, -0.15) is 0 Å². The fraction of sp³-hybridized carbons (Fsp3) is 0.125. The van der Waals surface area contributed by atoms with Crippen molar-refractivity contribution >= 4 is 11.9 Å². The molecule has 21 heavy (non-hydrogen) atoms. The van der Waals surface area contributed by atoms with Crippen molar-refractivity contribution in [1.82, 2.24) is 4.98 Å². The summed E-state index contributed by atoms with van der Waals surface area (Å²) in [6, 6.07) is 8.39. The van der Waals surface area contributed by atoms with Gasteiger partial charge in [0, 0.05) is 6.07 Å². The van der Waals surface area contributed by atoms with Crippen molar-refractivity contribution in [3.05, 3.63) is 53.9 Å². The van der Waals surface area contributed by atoms with Gasteiger partial charge in [-0.25, -0.2) is 0 Å². The Morgan fingerprint density at radius 3 is 2.57 bits per heavy atom. The second-order valence-corrected chi connectivity index (χ2v) is 4.18. The highest BCUT2D eigenvalue weighted by molar-refractivity contribution is 6.08. The summed E-state index contributed by atoms with van der Waals surface area (Å²) in [6.45, 7) is 0. The van der Waals surface area contributed by atoms with Crippen molar-refractivity contribution in [2.24, 2.45) is 0 Å². The van der Waals surface area contributed by atoms with Crippen LogP contribution >= 0.6 is 0 Å². The van der Waals surface area contributed by atoms with Crippen molar-refractivity contribution < 1.29 is 19.4 Å². The summed E-state index contributed by atoms with van der Waals surface area (Å²) in [5.41, 5.74) is 0.922. The predicted molar refractivity (Wildman–Crippen MR) is 78.8 cm³/mol. The Morgan fingerprint density at radius 1 is 1.19 bits per heavy atom. The number of carbonyl (C=O) groups is 1. The first-order valence-corrected chi connectivity index (χ1v) is 6.24. The van der Waals surface area contributed by atoms with E-state index >= 15 is 0 Å². The zero-order chi connectivity index (χ0) is 15.2. The molecule has 0 radical (unpaired) electrons. The van der Waals surface area contributed by atoms with E-state index in [2.05, 4.69) is 4.98 Å². The van der Waals surface area contributed by atoms with E-state index in [1.165, 1.54) is 38.6 Å². The van der Waals surface area contributed by atoms with Gasteiger partial charge in [0.2, 0.25) is 0 Å². The molecular formula is C16H15NO4. The number of allylic oxidation sites excluding steroid dienone is 1. The zero-order valence-corrected chi connectivity index (χ0v) is 11.7. The van der Waals surface area contributed by atoms with Crippen molar-refractivity contribution in [3.8, 4) is 17.2 Å². The molecule has 0 bridgehead atoms. The summed E-state index contributed by atoms with van der Waals surface area (Å²) in [6.07, 6.45) is 4.29. The van der Waals surface area contributed by atoms with E-state index < -0.39 is 0 Å². The van der Waals surface area contributed by atoms with E-state index in [0.717, 1.165) is 0 Å². The zero-order valence-electron chi connectivity index (χ0n) is 11.7. The lowest BCUT2D eigenvalue weighted by molar-refractivity contribution is 0.104. The number of ketones is 1. The predicted octanol–water partition coefficient (Wildman–Crippen LogP) is 2.70. The molecule has 0 unspecified atom stereocenters. The fourth-order valence-electron chi connectivity index (χ4n) is 1.80. The number of nitrogens with zero attached hydrogens (tertiary/aromatic N) is 1. The third-order valence-corrected chi connectivity index (χ3v) is 2.87. The second kappa shape index (κ2) is 6.56. The summed E-state index contributed by atoms with van der Waals surface area (Å²) < 4.78 is 10.0. The molecule has 0 aliphatic carbocycles. The van der Waals surface area contributed by atoms with Gasteiger partial charge >= 0.3 is 0 Å². The minimum atomic E-state index is -0.204. The quantitative estimate of drug-likeness (QED) is 0.675. The second-order valence-electron chi connectivity index (χ2n) is 4.18. The molecule has 2 rings (SSSR count). The maximum absolute atomic E-state index is 12.1. The van der Waals surface area contributed by atoms with Crippen molar-refractivity contribution in [3.63, 3.8) is 0 Å². The number of pyridine rings is 1. The van der Waals surface area contributed by atoms with Gasteiger partial charge in [-0.1, -0.05) is 12.1 Å². The Morgan fingerprint density at radius 2 is 1.90 bits per heavy atom. The van der Waals surface area contributed by atoms with E-state index in [-0.39, 0.29) is 17.3 Å². The molecular weight excluding hydrogens is 270 g/mol. The molecule has 0 spiro atoms. The Hall–Kier alpha value is -2.82.